The summed E-state index contributed by atoms with van der Waals surface area (Å²) in [5.41, 5.74) is -1.76. The highest BCUT2D eigenvalue weighted by Gasteiger charge is 2.51. The van der Waals surface area contributed by atoms with Crippen LogP contribution in [0.3, 0.4) is 0 Å². The van der Waals surface area contributed by atoms with Crippen LogP contribution in [-0.2, 0) is 19.1 Å². The Morgan fingerprint density at radius 1 is 1.15 bits per heavy atom. The summed E-state index contributed by atoms with van der Waals surface area (Å²) < 4.78 is 48.2. The number of ether oxygens (including phenoxy) is 2. The van der Waals surface area contributed by atoms with Crippen LogP contribution in [0.15, 0.2) is 36.4 Å². The standard InChI is InChI=1S/C18H20ClF3O4/c1-4-25-15(23)17(3,16(24)26-5-2)14(9-10-18(20,21)22)12-7-6-8-13(19)11-12/h6-11,14H,4-5H2,1-3H3/b10-9+/t14-/m0/s1. The van der Waals surface area contributed by atoms with E-state index >= 15 is 0 Å². The van der Waals surface area contributed by atoms with Crippen LogP contribution in [0, 0.1) is 5.41 Å². The van der Waals surface area contributed by atoms with Crippen molar-refractivity contribution in [1.29, 1.82) is 0 Å². The third-order valence-corrected chi connectivity index (χ3v) is 3.94. The van der Waals surface area contributed by atoms with E-state index in [2.05, 4.69) is 0 Å². The minimum atomic E-state index is -4.62. The Morgan fingerprint density at radius 2 is 1.69 bits per heavy atom. The van der Waals surface area contributed by atoms with Crippen LogP contribution < -0.4 is 0 Å². The molecule has 0 radical (unpaired) electrons. The van der Waals surface area contributed by atoms with Gasteiger partial charge in [0.2, 0.25) is 0 Å². The van der Waals surface area contributed by atoms with E-state index in [0.29, 0.717) is 0 Å². The van der Waals surface area contributed by atoms with Crippen molar-refractivity contribution in [3.05, 3.63) is 47.0 Å². The molecule has 8 heteroatoms. The van der Waals surface area contributed by atoms with E-state index in [-0.39, 0.29) is 29.9 Å². The zero-order valence-electron chi connectivity index (χ0n) is 14.6. The summed E-state index contributed by atoms with van der Waals surface area (Å²) in [6.07, 6.45) is -3.89. The first-order valence-corrected chi connectivity index (χ1v) is 8.30. The second-order valence-corrected chi connectivity index (χ2v) is 6.01. The van der Waals surface area contributed by atoms with Crippen molar-refractivity contribution in [3.63, 3.8) is 0 Å². The second kappa shape index (κ2) is 9.07. The summed E-state index contributed by atoms with van der Waals surface area (Å²) in [5.74, 6) is -3.24. The maximum absolute atomic E-state index is 12.8. The van der Waals surface area contributed by atoms with E-state index in [4.69, 9.17) is 21.1 Å². The Kier molecular flexibility index (Phi) is 7.68. The maximum atomic E-state index is 12.8. The Balaban J connectivity index is 3.57. The molecule has 0 aliphatic carbocycles. The largest absolute Gasteiger partial charge is 0.465 e. The zero-order chi connectivity index (χ0) is 20.0. The number of alkyl halides is 3. The molecule has 26 heavy (non-hydrogen) atoms. The number of halogens is 4. The minimum absolute atomic E-state index is 0.0186. The fraction of sp³-hybridized carbons (Fsp3) is 0.444. The quantitative estimate of drug-likeness (QED) is 0.384. The number of rotatable bonds is 7. The van der Waals surface area contributed by atoms with Crippen LogP contribution in [-0.4, -0.2) is 31.3 Å². The van der Waals surface area contributed by atoms with E-state index in [1.54, 1.807) is 0 Å². The maximum Gasteiger partial charge on any atom is 0.409 e. The number of hydrogen-bond donors (Lipinski definition) is 0. The Labute approximate surface area is 154 Å². The molecule has 0 spiro atoms. The fourth-order valence-electron chi connectivity index (χ4n) is 2.44. The summed E-state index contributed by atoms with van der Waals surface area (Å²) in [4.78, 5) is 25.1. The SMILES string of the molecule is CCOC(=O)C(C)(C(=O)OCC)[C@@H](/C=C/C(F)(F)F)c1cccc(Cl)c1. The van der Waals surface area contributed by atoms with Gasteiger partial charge in [0.05, 0.1) is 13.2 Å². The molecule has 0 saturated heterocycles. The van der Waals surface area contributed by atoms with Crippen LogP contribution in [0.5, 0.6) is 0 Å². The van der Waals surface area contributed by atoms with Gasteiger partial charge in [-0.2, -0.15) is 13.2 Å². The molecule has 144 valence electrons. The van der Waals surface area contributed by atoms with Crippen LogP contribution in [0.4, 0.5) is 13.2 Å². The number of esters is 2. The molecular weight excluding hydrogens is 373 g/mol. The van der Waals surface area contributed by atoms with E-state index in [1.807, 2.05) is 0 Å². The van der Waals surface area contributed by atoms with Crippen LogP contribution in [0.25, 0.3) is 0 Å². The molecule has 0 amide bonds. The van der Waals surface area contributed by atoms with Gasteiger partial charge in [0, 0.05) is 17.0 Å². The monoisotopic (exact) mass is 392 g/mol. The highest BCUT2D eigenvalue weighted by atomic mass is 35.5. The van der Waals surface area contributed by atoms with Crippen LogP contribution >= 0.6 is 11.6 Å². The molecule has 0 bridgehead atoms. The van der Waals surface area contributed by atoms with E-state index in [0.717, 1.165) is 6.08 Å². The summed E-state index contributed by atoms with van der Waals surface area (Å²) in [7, 11) is 0. The minimum Gasteiger partial charge on any atom is -0.465 e. The van der Waals surface area contributed by atoms with Crippen molar-refractivity contribution in [1.82, 2.24) is 0 Å². The average molecular weight is 393 g/mol. The summed E-state index contributed by atoms with van der Waals surface area (Å²) >= 11 is 5.93. The smallest absolute Gasteiger partial charge is 0.409 e. The number of carbonyl (C=O) groups excluding carboxylic acids is 2. The molecule has 0 fully saturated rings. The Morgan fingerprint density at radius 3 is 2.12 bits per heavy atom. The molecule has 1 aromatic carbocycles. The van der Waals surface area contributed by atoms with Crippen LogP contribution in [0.1, 0.15) is 32.3 Å². The van der Waals surface area contributed by atoms with Gasteiger partial charge in [-0.25, -0.2) is 0 Å². The van der Waals surface area contributed by atoms with Gasteiger partial charge in [-0.15, -0.1) is 0 Å². The van der Waals surface area contributed by atoms with Crippen molar-refractivity contribution in [2.75, 3.05) is 13.2 Å². The van der Waals surface area contributed by atoms with E-state index in [9.17, 15) is 22.8 Å². The van der Waals surface area contributed by atoms with Crippen molar-refractivity contribution >= 4 is 23.5 Å². The predicted octanol–water partition coefficient (Wildman–Crippen LogP) is 4.67. The lowest BCUT2D eigenvalue weighted by Crippen LogP contribution is -2.44. The van der Waals surface area contributed by atoms with Gasteiger partial charge < -0.3 is 9.47 Å². The van der Waals surface area contributed by atoms with Gasteiger partial charge in [-0.3, -0.25) is 9.59 Å². The van der Waals surface area contributed by atoms with Crippen molar-refractivity contribution in [2.45, 2.75) is 32.9 Å². The second-order valence-electron chi connectivity index (χ2n) is 5.58. The van der Waals surface area contributed by atoms with Gasteiger partial charge in [-0.1, -0.05) is 29.8 Å². The molecule has 0 saturated carbocycles. The highest BCUT2D eigenvalue weighted by Crippen LogP contribution is 2.41. The topological polar surface area (TPSA) is 52.6 Å². The summed E-state index contributed by atoms with van der Waals surface area (Å²) in [6, 6.07) is 5.92. The van der Waals surface area contributed by atoms with Gasteiger partial charge in [0.1, 0.15) is 0 Å². The van der Waals surface area contributed by atoms with Crippen molar-refractivity contribution in [3.8, 4) is 0 Å². The molecule has 0 N–H and O–H groups in total. The summed E-state index contributed by atoms with van der Waals surface area (Å²) in [6.45, 7) is 4.18. The normalized spacial score (nSPS) is 13.5. The van der Waals surface area contributed by atoms with E-state index in [1.165, 1.54) is 45.0 Å². The summed E-state index contributed by atoms with van der Waals surface area (Å²) in [5, 5.41) is 0.253. The van der Waals surface area contributed by atoms with Crippen molar-refractivity contribution in [2.24, 2.45) is 5.41 Å². The molecule has 0 aromatic heterocycles. The average Bonchev–Trinajstić information content (AvgIpc) is 2.54. The number of carbonyl (C=O) groups is 2. The first-order valence-electron chi connectivity index (χ1n) is 7.92. The van der Waals surface area contributed by atoms with E-state index < -0.39 is 29.4 Å². The van der Waals surface area contributed by atoms with Crippen molar-refractivity contribution < 1.29 is 32.2 Å². The van der Waals surface area contributed by atoms with Gasteiger partial charge in [0.15, 0.2) is 5.41 Å². The Hall–Kier alpha value is -2.02. The van der Waals surface area contributed by atoms with Gasteiger partial charge >= 0.3 is 18.1 Å². The third kappa shape index (κ3) is 5.49. The molecule has 0 heterocycles. The predicted molar refractivity (Wildman–Crippen MR) is 90.8 cm³/mol. The third-order valence-electron chi connectivity index (χ3n) is 3.71. The lowest BCUT2D eigenvalue weighted by atomic mass is 9.73. The Bertz CT molecular complexity index is 653. The molecule has 0 aliphatic rings. The first-order chi connectivity index (χ1) is 12.1. The molecule has 0 aliphatic heterocycles. The van der Waals surface area contributed by atoms with Crippen LogP contribution in [0.2, 0.25) is 5.02 Å². The van der Waals surface area contributed by atoms with Gasteiger partial charge in [0.25, 0.3) is 0 Å². The zero-order valence-corrected chi connectivity index (χ0v) is 15.4. The molecule has 1 rings (SSSR count). The van der Waals surface area contributed by atoms with Gasteiger partial charge in [-0.05, 0) is 38.5 Å². The molecular formula is C18H20ClF3O4. The lowest BCUT2D eigenvalue weighted by Gasteiger charge is -2.32. The highest BCUT2D eigenvalue weighted by molar-refractivity contribution is 6.30. The first kappa shape index (κ1) is 22.0. The lowest BCUT2D eigenvalue weighted by molar-refractivity contribution is -0.171. The number of hydrogen-bond acceptors (Lipinski definition) is 4. The molecule has 1 aromatic rings. The number of allylic oxidation sites excluding steroid dienone is 2. The number of benzene rings is 1. The molecule has 1 atom stereocenters. The molecule has 0 unspecified atom stereocenters. The molecule has 4 nitrogen and oxygen atoms in total. The fourth-order valence-corrected chi connectivity index (χ4v) is 2.64.